The Morgan fingerprint density at radius 3 is 2.88 bits per heavy atom. The molecule has 1 saturated heterocycles. The maximum Gasteiger partial charge on any atom is 0.252 e. The number of pyridine rings is 2. The highest BCUT2D eigenvalue weighted by molar-refractivity contribution is 7.71. The number of rotatable bonds is 9. The number of carbonyl (C=O) groups is 1. The first-order chi connectivity index (χ1) is 15.7. The number of aromatic nitrogens is 2. The van der Waals surface area contributed by atoms with Crippen molar-refractivity contribution in [1.82, 2.24) is 9.97 Å². The zero-order valence-electron chi connectivity index (χ0n) is 19.2. The zero-order valence-corrected chi connectivity index (χ0v) is 20.0. The minimum absolute atomic E-state index is 0.0198. The Kier molecular flexibility index (Phi) is 7.83. The van der Waals surface area contributed by atoms with Crippen LogP contribution >= 0.6 is 12.2 Å². The summed E-state index contributed by atoms with van der Waals surface area (Å²) in [7, 11) is 0. The average Bonchev–Trinajstić information content (AvgIpc) is 3.05. The Morgan fingerprint density at radius 1 is 1.39 bits per heavy atom. The second-order valence-electron chi connectivity index (χ2n) is 8.57. The molecule has 176 valence electrons. The number of ether oxygens (including phenoxy) is 1. The zero-order chi connectivity index (χ0) is 24.0. The molecule has 10 heteroatoms. The maximum absolute atomic E-state index is 12.1. The fraction of sp³-hybridized carbons (Fsp3) is 0.391. The summed E-state index contributed by atoms with van der Waals surface area (Å²) in [4.78, 5) is 26.2. The molecule has 0 radical (unpaired) electrons. The minimum Gasteiger partial charge on any atom is -0.402 e. The van der Waals surface area contributed by atoms with E-state index in [1.165, 1.54) is 0 Å². The highest BCUT2D eigenvalue weighted by atomic mass is 32.1. The summed E-state index contributed by atoms with van der Waals surface area (Å²) in [6.07, 6.45) is 4.03. The standard InChI is InChI=1S/C23H31N7O2S/c1-15(24)9-10-26-19-8-7-17(21(25)31)22(29-19)30-14-16(13-23(30,2)3)32-12-11-27-18-5-4-6-20(33)28-18/h4-10,16H,11-14,24H2,1-3H3,(H2,25,31)(H2,27,28,33)/b15-9-,26-10?. The Morgan fingerprint density at radius 2 is 2.18 bits per heavy atom. The van der Waals surface area contributed by atoms with Gasteiger partial charge in [0.25, 0.3) is 5.91 Å². The molecule has 0 aromatic carbocycles. The van der Waals surface area contributed by atoms with Crippen molar-refractivity contribution >= 4 is 41.8 Å². The number of aliphatic imine (C=N–C) groups is 1. The van der Waals surface area contributed by atoms with Crippen LogP contribution in [0, 0.1) is 4.64 Å². The van der Waals surface area contributed by atoms with E-state index in [2.05, 4.69) is 39.0 Å². The van der Waals surface area contributed by atoms with Crippen LogP contribution in [0.15, 0.2) is 47.1 Å². The van der Waals surface area contributed by atoms with Crippen LogP contribution in [0.3, 0.4) is 0 Å². The molecule has 0 saturated carbocycles. The van der Waals surface area contributed by atoms with Crippen molar-refractivity contribution in [2.45, 2.75) is 38.8 Å². The second-order valence-corrected chi connectivity index (χ2v) is 9.01. The van der Waals surface area contributed by atoms with Gasteiger partial charge in [0.1, 0.15) is 16.3 Å². The Bertz CT molecular complexity index is 1110. The molecule has 1 aliphatic heterocycles. The van der Waals surface area contributed by atoms with Crippen LogP contribution in [-0.4, -0.2) is 53.4 Å². The molecule has 1 unspecified atom stereocenters. The summed E-state index contributed by atoms with van der Waals surface area (Å²) >= 11 is 5.13. The van der Waals surface area contributed by atoms with Crippen molar-refractivity contribution in [2.24, 2.45) is 16.5 Å². The van der Waals surface area contributed by atoms with Crippen LogP contribution in [0.5, 0.6) is 0 Å². The molecule has 0 spiro atoms. The number of nitrogens with zero attached hydrogens (tertiary/aromatic N) is 3. The first-order valence-electron chi connectivity index (χ1n) is 10.8. The fourth-order valence-corrected chi connectivity index (χ4v) is 3.96. The Hall–Kier alpha value is -3.24. The number of aromatic amines is 1. The molecule has 2 aromatic heterocycles. The summed E-state index contributed by atoms with van der Waals surface area (Å²) in [5.74, 6) is 1.30. The molecule has 6 N–H and O–H groups in total. The number of hydrogen-bond acceptors (Lipinski definition) is 8. The van der Waals surface area contributed by atoms with Gasteiger partial charge in [0.05, 0.1) is 18.3 Å². The van der Waals surface area contributed by atoms with Crippen LogP contribution in [0.2, 0.25) is 0 Å². The fourth-order valence-electron chi connectivity index (χ4n) is 3.77. The van der Waals surface area contributed by atoms with E-state index in [0.717, 1.165) is 12.2 Å². The average molecular weight is 470 g/mol. The number of nitrogens with one attached hydrogen (secondary N) is 2. The molecule has 1 amide bonds. The number of anilines is 2. The molecule has 9 nitrogen and oxygen atoms in total. The van der Waals surface area contributed by atoms with Gasteiger partial charge >= 0.3 is 0 Å². The van der Waals surface area contributed by atoms with Gasteiger partial charge in [-0.05, 0) is 57.5 Å². The van der Waals surface area contributed by atoms with Crippen LogP contribution in [0.4, 0.5) is 17.5 Å². The molecule has 3 heterocycles. The van der Waals surface area contributed by atoms with E-state index in [0.29, 0.717) is 47.2 Å². The first-order valence-corrected chi connectivity index (χ1v) is 11.2. The first kappa shape index (κ1) is 24.4. The van der Waals surface area contributed by atoms with Crippen LogP contribution in [-0.2, 0) is 4.74 Å². The number of amides is 1. The molecule has 0 bridgehead atoms. The van der Waals surface area contributed by atoms with Crippen LogP contribution < -0.4 is 21.7 Å². The van der Waals surface area contributed by atoms with Crippen LogP contribution in [0.25, 0.3) is 0 Å². The van der Waals surface area contributed by atoms with Gasteiger partial charge in [-0.2, -0.15) is 0 Å². The minimum atomic E-state index is -0.532. The highest BCUT2D eigenvalue weighted by Crippen LogP contribution is 2.36. The number of primary amides is 1. The Balaban J connectivity index is 1.70. The monoisotopic (exact) mass is 469 g/mol. The number of carbonyl (C=O) groups excluding carboxylic acids is 1. The normalized spacial score (nSPS) is 18.1. The van der Waals surface area contributed by atoms with Gasteiger partial charge in [-0.1, -0.05) is 18.3 Å². The van der Waals surface area contributed by atoms with Crippen molar-refractivity contribution in [2.75, 3.05) is 29.9 Å². The predicted octanol–water partition coefficient (Wildman–Crippen LogP) is 3.29. The van der Waals surface area contributed by atoms with Crippen molar-refractivity contribution < 1.29 is 9.53 Å². The van der Waals surface area contributed by atoms with E-state index in [1.54, 1.807) is 31.3 Å². The number of allylic oxidation sites excluding steroid dienone is 2. The SMILES string of the molecule is C/C(N)=C/C=Nc1ccc(C(N)=O)c(N2CC(OCCNc3cccc(=S)[nH]3)CC2(C)C)n1. The highest BCUT2D eigenvalue weighted by Gasteiger charge is 2.41. The summed E-state index contributed by atoms with van der Waals surface area (Å²) in [5.41, 5.74) is 12.0. The van der Waals surface area contributed by atoms with Crippen molar-refractivity contribution in [1.29, 1.82) is 0 Å². The molecular formula is C23H31N7O2S. The molecule has 0 aliphatic carbocycles. The third kappa shape index (κ3) is 6.62. The Labute approximate surface area is 198 Å². The lowest BCUT2D eigenvalue weighted by molar-refractivity contribution is 0.0710. The van der Waals surface area contributed by atoms with Gasteiger partial charge in [0.2, 0.25) is 0 Å². The lowest BCUT2D eigenvalue weighted by atomic mass is 10.0. The molecule has 1 atom stereocenters. The van der Waals surface area contributed by atoms with E-state index >= 15 is 0 Å². The number of nitrogens with two attached hydrogens (primary N) is 2. The molecular weight excluding hydrogens is 438 g/mol. The largest absolute Gasteiger partial charge is 0.402 e. The summed E-state index contributed by atoms with van der Waals surface area (Å²) in [6, 6.07) is 8.98. The molecule has 33 heavy (non-hydrogen) atoms. The lowest BCUT2D eigenvalue weighted by Gasteiger charge is -2.33. The molecule has 1 aliphatic rings. The van der Waals surface area contributed by atoms with Gasteiger partial charge in [0, 0.05) is 30.5 Å². The molecule has 1 fully saturated rings. The second kappa shape index (κ2) is 10.6. The van der Waals surface area contributed by atoms with Gasteiger partial charge in [-0.25, -0.2) is 9.98 Å². The summed E-state index contributed by atoms with van der Waals surface area (Å²) < 4.78 is 6.80. The molecule has 3 rings (SSSR count). The third-order valence-electron chi connectivity index (χ3n) is 5.31. The smallest absolute Gasteiger partial charge is 0.252 e. The predicted molar refractivity (Wildman–Crippen MR) is 135 cm³/mol. The van der Waals surface area contributed by atoms with Crippen molar-refractivity contribution in [3.8, 4) is 0 Å². The van der Waals surface area contributed by atoms with E-state index < -0.39 is 5.91 Å². The van der Waals surface area contributed by atoms with Gasteiger partial charge in [0.15, 0.2) is 5.82 Å². The summed E-state index contributed by atoms with van der Waals surface area (Å²) in [5, 5.41) is 3.27. The van der Waals surface area contributed by atoms with Crippen LogP contribution in [0.1, 0.15) is 37.6 Å². The van der Waals surface area contributed by atoms with E-state index in [-0.39, 0.29) is 11.6 Å². The lowest BCUT2D eigenvalue weighted by Crippen LogP contribution is -2.40. The van der Waals surface area contributed by atoms with Crippen molar-refractivity contribution in [3.63, 3.8) is 0 Å². The quantitative estimate of drug-likeness (QED) is 0.251. The van der Waals surface area contributed by atoms with Gasteiger partial charge in [-0.15, -0.1) is 0 Å². The summed E-state index contributed by atoms with van der Waals surface area (Å²) in [6.45, 7) is 7.72. The molecule has 2 aromatic rings. The maximum atomic E-state index is 12.1. The van der Waals surface area contributed by atoms with Gasteiger partial charge in [-0.3, -0.25) is 4.79 Å². The topological polar surface area (TPSA) is 135 Å². The van der Waals surface area contributed by atoms with Gasteiger partial charge < -0.3 is 31.4 Å². The number of H-pyrrole nitrogens is 1. The van der Waals surface area contributed by atoms with E-state index in [4.69, 9.17) is 28.4 Å². The third-order valence-corrected chi connectivity index (χ3v) is 5.55. The number of hydrogen-bond donors (Lipinski definition) is 4. The van der Waals surface area contributed by atoms with E-state index in [9.17, 15) is 4.79 Å². The van der Waals surface area contributed by atoms with Crippen molar-refractivity contribution in [3.05, 3.63) is 52.3 Å². The van der Waals surface area contributed by atoms with E-state index in [1.807, 2.05) is 18.2 Å².